The Hall–Kier alpha value is -2.92. The SMILES string of the molecule is CC(C)N(C)Cc1cc(O)c2c(c1Cl)C[C@H]1C[C@H]3[C@H](N(C)C)C(=O)C(C(N)=O)=C(O)[C@@]3(O)C(=O)C1=C2O. The van der Waals surface area contributed by atoms with Crippen molar-refractivity contribution in [3.63, 3.8) is 0 Å². The number of phenols is 1. The summed E-state index contributed by atoms with van der Waals surface area (Å²) in [7, 11) is 5.02. The number of hydrogen-bond donors (Lipinski definition) is 5. The Morgan fingerprint density at radius 3 is 2.38 bits per heavy atom. The molecule has 3 aliphatic carbocycles. The zero-order chi connectivity index (χ0) is 27.7. The van der Waals surface area contributed by atoms with Gasteiger partial charge in [0.25, 0.3) is 5.91 Å². The van der Waals surface area contributed by atoms with E-state index >= 15 is 0 Å². The van der Waals surface area contributed by atoms with E-state index in [0.29, 0.717) is 22.7 Å². The topological polar surface area (TPSA) is 165 Å². The van der Waals surface area contributed by atoms with Crippen molar-refractivity contribution in [1.82, 2.24) is 9.80 Å². The van der Waals surface area contributed by atoms with Crippen LogP contribution in [0.15, 0.2) is 23.0 Å². The zero-order valence-electron chi connectivity index (χ0n) is 21.4. The lowest BCUT2D eigenvalue weighted by Gasteiger charge is -2.50. The lowest BCUT2D eigenvalue weighted by Crippen LogP contribution is -2.65. The number of likely N-dealkylation sites (N-methyl/N-ethyl adjacent to an activating group) is 1. The largest absolute Gasteiger partial charge is 0.508 e. The highest BCUT2D eigenvalue weighted by molar-refractivity contribution is 6.32. The van der Waals surface area contributed by atoms with Gasteiger partial charge in [-0.05, 0) is 70.9 Å². The zero-order valence-corrected chi connectivity index (χ0v) is 22.1. The third-order valence-electron chi connectivity index (χ3n) is 8.03. The number of aromatic hydroxyl groups is 1. The maximum Gasteiger partial charge on any atom is 0.255 e. The molecular formula is C26H32ClN3O7. The monoisotopic (exact) mass is 533 g/mol. The Labute approximate surface area is 219 Å². The van der Waals surface area contributed by atoms with Crippen molar-refractivity contribution < 1.29 is 34.8 Å². The summed E-state index contributed by atoms with van der Waals surface area (Å²) in [4.78, 5) is 42.5. The van der Waals surface area contributed by atoms with Crippen LogP contribution in [0.2, 0.25) is 5.02 Å². The van der Waals surface area contributed by atoms with Gasteiger partial charge in [0.1, 0.15) is 22.8 Å². The van der Waals surface area contributed by atoms with Crippen LogP contribution in [0.3, 0.4) is 0 Å². The molecule has 0 bridgehead atoms. The highest BCUT2D eigenvalue weighted by Crippen LogP contribution is 2.53. The number of aliphatic hydroxyl groups is 3. The molecular weight excluding hydrogens is 502 g/mol. The normalized spacial score (nSPS) is 27.7. The van der Waals surface area contributed by atoms with Crippen LogP contribution in [0, 0.1) is 11.8 Å². The number of phenolic OH excluding ortho intramolecular Hbond substituents is 1. The van der Waals surface area contributed by atoms with Gasteiger partial charge in [0.2, 0.25) is 5.78 Å². The second-order valence-corrected chi connectivity index (χ2v) is 11.1. The van der Waals surface area contributed by atoms with E-state index in [1.165, 1.54) is 11.0 Å². The number of amides is 1. The fourth-order valence-electron chi connectivity index (χ4n) is 5.91. The Morgan fingerprint density at radius 1 is 1.22 bits per heavy atom. The number of hydrogen-bond acceptors (Lipinski definition) is 9. The molecule has 4 rings (SSSR count). The molecule has 3 aliphatic rings. The summed E-state index contributed by atoms with van der Waals surface area (Å²) >= 11 is 6.76. The highest BCUT2D eigenvalue weighted by atomic mass is 35.5. The van der Waals surface area contributed by atoms with Crippen molar-refractivity contribution in [2.24, 2.45) is 17.6 Å². The fraction of sp³-hybridized carbons (Fsp3) is 0.500. The predicted molar refractivity (Wildman–Crippen MR) is 136 cm³/mol. The first-order chi connectivity index (χ1) is 17.1. The van der Waals surface area contributed by atoms with Gasteiger partial charge < -0.3 is 26.2 Å². The number of nitrogens with zero attached hydrogens (tertiary/aromatic N) is 2. The van der Waals surface area contributed by atoms with Crippen LogP contribution < -0.4 is 5.73 Å². The Bertz CT molecular complexity index is 1290. The number of benzene rings is 1. The molecule has 200 valence electrons. The lowest BCUT2D eigenvalue weighted by molar-refractivity contribution is -0.153. The van der Waals surface area contributed by atoms with Crippen molar-refractivity contribution in [2.45, 2.75) is 50.9 Å². The van der Waals surface area contributed by atoms with Gasteiger partial charge in [0, 0.05) is 29.1 Å². The predicted octanol–water partition coefficient (Wildman–Crippen LogP) is 1.46. The van der Waals surface area contributed by atoms with E-state index in [-0.39, 0.29) is 35.8 Å². The van der Waals surface area contributed by atoms with Gasteiger partial charge in [-0.3, -0.25) is 24.2 Å². The number of fused-ring (bicyclic) bond motifs is 3. The Morgan fingerprint density at radius 2 is 1.84 bits per heavy atom. The Kier molecular flexibility index (Phi) is 6.69. The second-order valence-electron chi connectivity index (χ2n) is 10.7. The number of aliphatic hydroxyl groups excluding tert-OH is 2. The maximum atomic E-state index is 13.8. The molecule has 37 heavy (non-hydrogen) atoms. The van der Waals surface area contributed by atoms with Crippen molar-refractivity contribution in [3.8, 4) is 5.75 Å². The summed E-state index contributed by atoms with van der Waals surface area (Å²) < 4.78 is 0. The average Bonchev–Trinajstić information content (AvgIpc) is 2.78. The molecule has 0 unspecified atom stereocenters. The molecule has 1 fully saturated rings. The molecule has 1 saturated carbocycles. The van der Waals surface area contributed by atoms with E-state index in [1.54, 1.807) is 14.1 Å². The first-order valence-corrected chi connectivity index (χ1v) is 12.4. The summed E-state index contributed by atoms with van der Waals surface area (Å²) in [5.74, 6) is -6.86. The highest BCUT2D eigenvalue weighted by Gasteiger charge is 2.64. The summed E-state index contributed by atoms with van der Waals surface area (Å²) in [5, 5.41) is 44.9. The molecule has 6 N–H and O–H groups in total. The summed E-state index contributed by atoms with van der Waals surface area (Å²) in [6.45, 7) is 4.47. The maximum absolute atomic E-state index is 13.8. The number of halogens is 1. The van der Waals surface area contributed by atoms with E-state index in [4.69, 9.17) is 17.3 Å². The fourth-order valence-corrected chi connectivity index (χ4v) is 6.20. The summed E-state index contributed by atoms with van der Waals surface area (Å²) in [6.07, 6.45) is 0.166. The van der Waals surface area contributed by atoms with Crippen LogP contribution in [0.4, 0.5) is 0 Å². The van der Waals surface area contributed by atoms with E-state index in [2.05, 4.69) is 0 Å². The molecule has 11 heteroatoms. The van der Waals surface area contributed by atoms with E-state index in [1.807, 2.05) is 25.8 Å². The molecule has 1 aromatic carbocycles. The first-order valence-electron chi connectivity index (χ1n) is 12.0. The molecule has 0 saturated heterocycles. The number of rotatable bonds is 5. The van der Waals surface area contributed by atoms with Crippen LogP contribution in [-0.4, -0.2) is 86.5 Å². The van der Waals surface area contributed by atoms with E-state index in [9.17, 15) is 34.8 Å². The van der Waals surface area contributed by atoms with Gasteiger partial charge in [-0.1, -0.05) is 11.6 Å². The molecule has 0 heterocycles. The third-order valence-corrected chi connectivity index (χ3v) is 8.50. The van der Waals surface area contributed by atoms with Gasteiger partial charge in [-0.2, -0.15) is 0 Å². The van der Waals surface area contributed by atoms with E-state index in [0.717, 1.165) is 0 Å². The number of Topliss-reactive ketones (excluding diaryl/α,β-unsaturated/α-hetero) is 2. The molecule has 0 spiro atoms. The first kappa shape index (κ1) is 27.1. The van der Waals surface area contributed by atoms with Crippen LogP contribution in [-0.2, 0) is 27.3 Å². The lowest BCUT2D eigenvalue weighted by atomic mass is 9.57. The van der Waals surface area contributed by atoms with Crippen LogP contribution in [0.1, 0.15) is 37.0 Å². The summed E-state index contributed by atoms with van der Waals surface area (Å²) in [5.41, 5.74) is 2.71. The van der Waals surface area contributed by atoms with Gasteiger partial charge in [0.05, 0.1) is 11.6 Å². The van der Waals surface area contributed by atoms with Crippen molar-refractivity contribution in [1.29, 1.82) is 0 Å². The van der Waals surface area contributed by atoms with Crippen molar-refractivity contribution in [3.05, 3.63) is 44.7 Å². The standard InChI is InChI=1S/C26H32ClN3O7/c1-10(2)30(5)9-12-8-15(31)17-13(19(12)27)6-11-7-14-20(29(3)4)22(33)18(25(28)36)24(35)26(14,37)23(34)16(11)21(17)32/h8,10-11,14,20,31-32,35,37H,6-7,9H2,1-5H3,(H2,28,36)/t11-,14-,20-,26-/m0/s1. The van der Waals surface area contributed by atoms with Crippen LogP contribution in [0.25, 0.3) is 5.76 Å². The minimum atomic E-state index is -2.66. The molecule has 0 aliphatic heterocycles. The number of carbonyl (C=O) groups excluding carboxylic acids is 3. The van der Waals surface area contributed by atoms with Gasteiger partial charge in [-0.15, -0.1) is 0 Å². The van der Waals surface area contributed by atoms with Gasteiger partial charge in [-0.25, -0.2) is 0 Å². The molecule has 1 aromatic rings. The van der Waals surface area contributed by atoms with Gasteiger partial charge in [0.15, 0.2) is 11.4 Å². The molecule has 1 amide bonds. The number of primary amides is 1. The smallest absolute Gasteiger partial charge is 0.255 e. The number of ketones is 2. The molecule has 10 nitrogen and oxygen atoms in total. The van der Waals surface area contributed by atoms with Gasteiger partial charge >= 0.3 is 0 Å². The third kappa shape index (κ3) is 3.85. The summed E-state index contributed by atoms with van der Waals surface area (Å²) in [6, 6.07) is 0.513. The molecule has 0 aromatic heterocycles. The quantitative estimate of drug-likeness (QED) is 0.352. The van der Waals surface area contributed by atoms with Crippen molar-refractivity contribution in [2.75, 3.05) is 21.1 Å². The van der Waals surface area contributed by atoms with Crippen LogP contribution >= 0.6 is 11.6 Å². The minimum absolute atomic E-state index is 0.0129. The van der Waals surface area contributed by atoms with Crippen LogP contribution in [0.5, 0.6) is 5.75 Å². The minimum Gasteiger partial charge on any atom is -0.508 e. The van der Waals surface area contributed by atoms with E-state index < -0.39 is 58.0 Å². The molecule has 0 radical (unpaired) electrons. The Balaban J connectivity index is 1.91. The molecule has 4 atom stereocenters. The number of nitrogens with two attached hydrogens (primary N) is 1. The van der Waals surface area contributed by atoms with Crippen molar-refractivity contribution >= 4 is 34.8 Å². The number of carbonyl (C=O) groups is 3. The average molecular weight is 534 g/mol. The second kappa shape index (κ2) is 9.13.